The van der Waals surface area contributed by atoms with Crippen molar-refractivity contribution < 1.29 is 14.7 Å². The zero-order valence-electron chi connectivity index (χ0n) is 8.54. The van der Waals surface area contributed by atoms with Crippen LogP contribution in [0.1, 0.15) is 5.82 Å². The van der Waals surface area contributed by atoms with Crippen LogP contribution in [-0.4, -0.2) is 26.6 Å². The molecule has 0 saturated heterocycles. The SMILES string of the molecule is CSCc1noc(-c2ccc(O)cc2O)n1. The molecule has 0 spiro atoms. The van der Waals surface area contributed by atoms with E-state index in [1.54, 1.807) is 11.8 Å². The Balaban J connectivity index is 2.35. The van der Waals surface area contributed by atoms with E-state index in [-0.39, 0.29) is 17.4 Å². The van der Waals surface area contributed by atoms with Gasteiger partial charge >= 0.3 is 0 Å². The Morgan fingerprint density at radius 1 is 1.38 bits per heavy atom. The second-order valence-corrected chi connectivity index (χ2v) is 4.02. The van der Waals surface area contributed by atoms with Crippen molar-refractivity contribution in [2.75, 3.05) is 6.26 Å². The van der Waals surface area contributed by atoms with Gasteiger partial charge in [0.15, 0.2) is 5.82 Å². The van der Waals surface area contributed by atoms with E-state index in [4.69, 9.17) is 9.63 Å². The lowest BCUT2D eigenvalue weighted by Gasteiger charge is -1.98. The number of benzene rings is 1. The Labute approximate surface area is 96.1 Å². The molecule has 6 heteroatoms. The summed E-state index contributed by atoms with van der Waals surface area (Å²) >= 11 is 1.58. The molecule has 2 rings (SSSR count). The molecule has 0 saturated carbocycles. The van der Waals surface area contributed by atoms with E-state index in [1.165, 1.54) is 18.2 Å². The lowest BCUT2D eigenvalue weighted by molar-refractivity contribution is 0.418. The van der Waals surface area contributed by atoms with E-state index >= 15 is 0 Å². The molecule has 0 amide bonds. The van der Waals surface area contributed by atoms with E-state index in [0.717, 1.165) is 0 Å². The molecule has 0 fully saturated rings. The maximum atomic E-state index is 9.59. The summed E-state index contributed by atoms with van der Waals surface area (Å²) in [4.78, 5) is 4.12. The van der Waals surface area contributed by atoms with Crippen LogP contribution in [0.4, 0.5) is 0 Å². The fourth-order valence-corrected chi connectivity index (χ4v) is 1.63. The van der Waals surface area contributed by atoms with Gasteiger partial charge in [-0.3, -0.25) is 0 Å². The van der Waals surface area contributed by atoms with Crippen LogP contribution in [0.5, 0.6) is 11.5 Å². The van der Waals surface area contributed by atoms with Gasteiger partial charge in [0.05, 0.1) is 11.3 Å². The highest BCUT2D eigenvalue weighted by atomic mass is 32.2. The number of rotatable bonds is 3. The van der Waals surface area contributed by atoms with Gasteiger partial charge in [-0.1, -0.05) is 5.16 Å². The maximum Gasteiger partial charge on any atom is 0.261 e. The van der Waals surface area contributed by atoms with Gasteiger partial charge in [-0.2, -0.15) is 16.7 Å². The summed E-state index contributed by atoms with van der Waals surface area (Å²) in [6, 6.07) is 4.21. The number of nitrogens with zero attached hydrogens (tertiary/aromatic N) is 2. The minimum atomic E-state index is -0.0839. The Hall–Kier alpha value is -1.69. The molecular weight excluding hydrogens is 228 g/mol. The molecule has 0 unspecified atom stereocenters. The molecular formula is C10H10N2O3S. The minimum Gasteiger partial charge on any atom is -0.508 e. The number of hydrogen-bond donors (Lipinski definition) is 2. The minimum absolute atomic E-state index is 0.00916. The topological polar surface area (TPSA) is 79.4 Å². The molecule has 0 atom stereocenters. The number of aromatic hydroxyl groups is 2. The van der Waals surface area contributed by atoms with Crippen molar-refractivity contribution >= 4 is 11.8 Å². The van der Waals surface area contributed by atoms with Crippen LogP contribution < -0.4 is 0 Å². The third-order valence-electron chi connectivity index (χ3n) is 1.95. The molecule has 16 heavy (non-hydrogen) atoms. The van der Waals surface area contributed by atoms with Gasteiger partial charge in [-0.05, 0) is 18.4 Å². The molecule has 1 aromatic carbocycles. The number of phenols is 2. The first kappa shape index (κ1) is 10.8. The number of hydrogen-bond acceptors (Lipinski definition) is 6. The van der Waals surface area contributed by atoms with Crippen LogP contribution in [0, 0.1) is 0 Å². The third kappa shape index (κ3) is 2.11. The van der Waals surface area contributed by atoms with Crippen molar-refractivity contribution in [1.82, 2.24) is 10.1 Å². The summed E-state index contributed by atoms with van der Waals surface area (Å²) in [5.74, 6) is 1.39. The number of thioether (sulfide) groups is 1. The average molecular weight is 238 g/mol. The normalized spacial score (nSPS) is 10.6. The van der Waals surface area contributed by atoms with Crippen molar-refractivity contribution in [3.63, 3.8) is 0 Å². The van der Waals surface area contributed by atoms with Crippen molar-refractivity contribution in [1.29, 1.82) is 0 Å². The lowest BCUT2D eigenvalue weighted by atomic mass is 10.2. The van der Waals surface area contributed by atoms with Crippen LogP contribution in [0.15, 0.2) is 22.7 Å². The molecule has 0 aliphatic carbocycles. The van der Waals surface area contributed by atoms with Gasteiger partial charge in [0, 0.05) is 6.07 Å². The molecule has 5 nitrogen and oxygen atoms in total. The predicted octanol–water partition coefficient (Wildman–Crippen LogP) is 2.01. The Morgan fingerprint density at radius 2 is 2.19 bits per heavy atom. The highest BCUT2D eigenvalue weighted by Crippen LogP contribution is 2.30. The summed E-state index contributed by atoms with van der Waals surface area (Å²) < 4.78 is 5.01. The molecule has 0 radical (unpaired) electrons. The fraction of sp³-hybridized carbons (Fsp3) is 0.200. The van der Waals surface area contributed by atoms with E-state index in [0.29, 0.717) is 17.1 Å². The monoisotopic (exact) mass is 238 g/mol. The highest BCUT2D eigenvalue weighted by Gasteiger charge is 2.12. The van der Waals surface area contributed by atoms with Gasteiger partial charge in [-0.25, -0.2) is 0 Å². The largest absolute Gasteiger partial charge is 0.508 e. The van der Waals surface area contributed by atoms with E-state index < -0.39 is 0 Å². The Morgan fingerprint density at radius 3 is 2.88 bits per heavy atom. The summed E-state index contributed by atoms with van der Waals surface area (Å²) in [6.07, 6.45) is 1.94. The van der Waals surface area contributed by atoms with Crippen LogP contribution in [0.2, 0.25) is 0 Å². The molecule has 0 aliphatic heterocycles. The molecule has 84 valence electrons. The average Bonchev–Trinajstić information content (AvgIpc) is 2.67. The van der Waals surface area contributed by atoms with Crippen molar-refractivity contribution in [2.24, 2.45) is 0 Å². The lowest BCUT2D eigenvalue weighted by Crippen LogP contribution is -1.83. The van der Waals surface area contributed by atoms with Crippen molar-refractivity contribution in [3.8, 4) is 23.0 Å². The second kappa shape index (κ2) is 4.44. The summed E-state index contributed by atoms with van der Waals surface area (Å²) in [5.41, 5.74) is 0.414. The fourth-order valence-electron chi connectivity index (χ4n) is 1.25. The Bertz CT molecular complexity index is 499. The van der Waals surface area contributed by atoms with Gasteiger partial charge in [-0.15, -0.1) is 0 Å². The smallest absolute Gasteiger partial charge is 0.261 e. The zero-order valence-corrected chi connectivity index (χ0v) is 9.36. The summed E-state index contributed by atoms with van der Waals surface area (Å²) in [6.45, 7) is 0. The molecule has 1 heterocycles. The standard InChI is InChI=1S/C10H10N2O3S/c1-16-5-9-11-10(15-12-9)7-3-2-6(13)4-8(7)14/h2-4,13-14H,5H2,1H3. The second-order valence-electron chi connectivity index (χ2n) is 3.15. The molecule has 0 bridgehead atoms. The number of phenolic OH excluding ortho intramolecular Hbond substituents is 2. The van der Waals surface area contributed by atoms with E-state index in [1.807, 2.05) is 6.26 Å². The van der Waals surface area contributed by atoms with Crippen LogP contribution in [0.3, 0.4) is 0 Å². The summed E-state index contributed by atoms with van der Waals surface area (Å²) in [5, 5.41) is 22.5. The molecule has 2 aromatic rings. The van der Waals surface area contributed by atoms with Gasteiger partial charge < -0.3 is 14.7 Å². The number of aromatic nitrogens is 2. The first-order valence-corrected chi connectivity index (χ1v) is 5.94. The predicted molar refractivity (Wildman–Crippen MR) is 60.3 cm³/mol. The van der Waals surface area contributed by atoms with Crippen molar-refractivity contribution in [3.05, 3.63) is 24.0 Å². The quantitative estimate of drug-likeness (QED) is 0.851. The van der Waals surface area contributed by atoms with Gasteiger partial charge in [0.2, 0.25) is 0 Å². The van der Waals surface area contributed by atoms with Crippen LogP contribution in [0.25, 0.3) is 11.5 Å². The van der Waals surface area contributed by atoms with Crippen molar-refractivity contribution in [2.45, 2.75) is 5.75 Å². The van der Waals surface area contributed by atoms with Crippen LogP contribution >= 0.6 is 11.8 Å². The maximum absolute atomic E-state index is 9.59. The molecule has 1 aromatic heterocycles. The van der Waals surface area contributed by atoms with Crippen LogP contribution in [-0.2, 0) is 5.75 Å². The first-order valence-electron chi connectivity index (χ1n) is 4.54. The van der Waals surface area contributed by atoms with Gasteiger partial charge in [0.1, 0.15) is 11.5 Å². The van der Waals surface area contributed by atoms with Gasteiger partial charge in [0.25, 0.3) is 5.89 Å². The first-order chi connectivity index (χ1) is 7.70. The van der Waals surface area contributed by atoms with E-state index in [9.17, 15) is 5.11 Å². The zero-order chi connectivity index (χ0) is 11.5. The van der Waals surface area contributed by atoms with E-state index in [2.05, 4.69) is 10.1 Å². The third-order valence-corrected chi connectivity index (χ3v) is 2.50. The summed E-state index contributed by atoms with van der Waals surface area (Å²) in [7, 11) is 0. The Kier molecular flexibility index (Phi) is 3.00. The molecule has 2 N–H and O–H groups in total. The molecule has 0 aliphatic rings. The highest BCUT2D eigenvalue weighted by molar-refractivity contribution is 7.97.